The van der Waals surface area contributed by atoms with Gasteiger partial charge in [0.25, 0.3) is 5.56 Å². The third-order valence-corrected chi connectivity index (χ3v) is 6.04. The van der Waals surface area contributed by atoms with Gasteiger partial charge in [-0.2, -0.15) is 0 Å². The Morgan fingerprint density at radius 3 is 2.75 bits per heavy atom. The Kier molecular flexibility index (Phi) is 6.72. The number of hydrogen-bond acceptors (Lipinski definition) is 6. The van der Waals surface area contributed by atoms with Gasteiger partial charge >= 0.3 is 5.97 Å². The van der Waals surface area contributed by atoms with Crippen molar-refractivity contribution in [3.8, 4) is 0 Å². The Morgan fingerprint density at radius 1 is 1.32 bits per heavy atom. The molecule has 1 heterocycles. The lowest BCUT2D eigenvalue weighted by Crippen LogP contribution is -2.38. The van der Waals surface area contributed by atoms with Gasteiger partial charge < -0.3 is 10.1 Å². The normalized spacial score (nSPS) is 15.5. The van der Waals surface area contributed by atoms with Gasteiger partial charge in [-0.15, -0.1) is 0 Å². The number of nitrogens with one attached hydrogen (secondary N) is 1. The highest BCUT2D eigenvalue weighted by atomic mass is 32.2. The molecule has 3 rings (SSSR count). The number of methoxy groups -OCH3 is 1. The number of rotatable bonds is 7. The van der Waals surface area contributed by atoms with Crippen LogP contribution in [-0.4, -0.2) is 39.8 Å². The van der Waals surface area contributed by atoms with Gasteiger partial charge in [0.1, 0.15) is 0 Å². The predicted octanol–water partition coefficient (Wildman–Crippen LogP) is 2.50. The number of fused-ring (bicyclic) bond motifs is 1. The molecule has 0 unspecified atom stereocenters. The van der Waals surface area contributed by atoms with Crippen molar-refractivity contribution in [2.45, 2.75) is 62.0 Å². The van der Waals surface area contributed by atoms with E-state index < -0.39 is 11.2 Å². The van der Waals surface area contributed by atoms with Crippen LogP contribution >= 0.6 is 11.8 Å². The van der Waals surface area contributed by atoms with E-state index >= 15 is 0 Å². The van der Waals surface area contributed by atoms with Crippen LogP contribution in [0.4, 0.5) is 0 Å². The van der Waals surface area contributed by atoms with Crippen molar-refractivity contribution in [1.29, 1.82) is 0 Å². The Hall–Kier alpha value is -2.35. The summed E-state index contributed by atoms with van der Waals surface area (Å²) in [6.45, 7) is 1.96. The summed E-state index contributed by atoms with van der Waals surface area (Å²) in [7, 11) is 1.31. The average Bonchev–Trinajstić information content (AvgIpc) is 3.20. The first kappa shape index (κ1) is 20.4. The maximum atomic E-state index is 12.9. The van der Waals surface area contributed by atoms with E-state index in [0.29, 0.717) is 16.1 Å². The number of thioether (sulfide) groups is 1. The lowest BCUT2D eigenvalue weighted by Gasteiger charge is -2.18. The molecule has 0 saturated heterocycles. The fourth-order valence-electron chi connectivity index (χ4n) is 3.34. The molecule has 1 aromatic carbocycles. The molecule has 2 aromatic rings. The molecule has 1 aliphatic carbocycles. The zero-order chi connectivity index (χ0) is 20.1. The van der Waals surface area contributed by atoms with Gasteiger partial charge in [0, 0.05) is 12.6 Å². The molecular formula is C20H25N3O4S. The molecule has 1 saturated carbocycles. The van der Waals surface area contributed by atoms with Crippen molar-refractivity contribution >= 4 is 34.5 Å². The molecule has 1 atom stereocenters. The van der Waals surface area contributed by atoms with E-state index in [2.05, 4.69) is 15.0 Å². The summed E-state index contributed by atoms with van der Waals surface area (Å²) >= 11 is 1.24. The number of ether oxygens (including phenoxy) is 1. The van der Waals surface area contributed by atoms with Gasteiger partial charge in [-0.3, -0.25) is 19.0 Å². The van der Waals surface area contributed by atoms with Crippen LogP contribution in [0, 0.1) is 0 Å². The Balaban J connectivity index is 1.85. The fourth-order valence-corrected chi connectivity index (χ4v) is 4.28. The zero-order valence-corrected chi connectivity index (χ0v) is 17.0. The lowest BCUT2D eigenvalue weighted by molar-refractivity contribution is -0.140. The van der Waals surface area contributed by atoms with Crippen LogP contribution in [0.25, 0.3) is 10.9 Å². The van der Waals surface area contributed by atoms with Crippen LogP contribution in [0.1, 0.15) is 39.0 Å². The summed E-state index contributed by atoms with van der Waals surface area (Å²) in [6, 6.07) is 7.32. The van der Waals surface area contributed by atoms with E-state index in [0.717, 1.165) is 25.7 Å². The minimum Gasteiger partial charge on any atom is -0.469 e. The highest BCUT2D eigenvalue weighted by molar-refractivity contribution is 8.00. The monoisotopic (exact) mass is 403 g/mol. The molecule has 0 aliphatic heterocycles. The molecule has 1 aromatic heterocycles. The first-order valence-corrected chi connectivity index (χ1v) is 10.4. The SMILES string of the molecule is COC(=O)CCn1c(S[C@H](C)C(=O)NC2CCCC2)nc2ccccc2c1=O. The maximum Gasteiger partial charge on any atom is 0.307 e. The van der Waals surface area contributed by atoms with Gasteiger partial charge in [0.05, 0.1) is 29.7 Å². The number of carbonyl (C=O) groups is 2. The van der Waals surface area contributed by atoms with E-state index in [-0.39, 0.29) is 30.5 Å². The second-order valence-electron chi connectivity index (χ2n) is 6.94. The molecule has 0 radical (unpaired) electrons. The van der Waals surface area contributed by atoms with Crippen molar-refractivity contribution in [3.63, 3.8) is 0 Å². The van der Waals surface area contributed by atoms with Crippen LogP contribution in [-0.2, 0) is 20.9 Å². The minimum atomic E-state index is -0.405. The number of benzene rings is 1. The van der Waals surface area contributed by atoms with Gasteiger partial charge in [0.15, 0.2) is 5.16 Å². The molecular weight excluding hydrogens is 378 g/mol. The van der Waals surface area contributed by atoms with Gasteiger partial charge in [-0.1, -0.05) is 36.7 Å². The van der Waals surface area contributed by atoms with Crippen molar-refractivity contribution in [2.75, 3.05) is 7.11 Å². The molecule has 1 aliphatic rings. The van der Waals surface area contributed by atoms with E-state index in [1.54, 1.807) is 25.1 Å². The summed E-state index contributed by atoms with van der Waals surface area (Å²) in [5.74, 6) is -0.457. The number of carbonyl (C=O) groups excluding carboxylic acids is 2. The van der Waals surface area contributed by atoms with Crippen molar-refractivity contribution in [3.05, 3.63) is 34.6 Å². The van der Waals surface area contributed by atoms with E-state index in [9.17, 15) is 14.4 Å². The largest absolute Gasteiger partial charge is 0.469 e. The number of nitrogens with zero attached hydrogens (tertiary/aromatic N) is 2. The number of amides is 1. The molecule has 0 bridgehead atoms. The number of para-hydroxylation sites is 1. The minimum absolute atomic E-state index is 0.0566. The zero-order valence-electron chi connectivity index (χ0n) is 16.1. The van der Waals surface area contributed by atoms with Crippen LogP contribution in [0.5, 0.6) is 0 Å². The molecule has 150 valence electrons. The van der Waals surface area contributed by atoms with E-state index in [1.807, 2.05) is 6.07 Å². The summed E-state index contributed by atoms with van der Waals surface area (Å²) in [4.78, 5) is 41.6. The summed E-state index contributed by atoms with van der Waals surface area (Å²) in [5, 5.41) is 3.59. The van der Waals surface area contributed by atoms with Crippen LogP contribution in [0.2, 0.25) is 0 Å². The van der Waals surface area contributed by atoms with Crippen LogP contribution in [0.15, 0.2) is 34.2 Å². The fraction of sp³-hybridized carbons (Fsp3) is 0.500. The molecule has 1 N–H and O–H groups in total. The van der Waals surface area contributed by atoms with E-state index in [1.165, 1.54) is 23.4 Å². The number of hydrogen-bond donors (Lipinski definition) is 1. The predicted molar refractivity (Wildman–Crippen MR) is 108 cm³/mol. The van der Waals surface area contributed by atoms with Crippen molar-refractivity contribution < 1.29 is 14.3 Å². The second kappa shape index (κ2) is 9.23. The number of esters is 1. The molecule has 8 heteroatoms. The Bertz CT molecular complexity index is 921. The first-order valence-electron chi connectivity index (χ1n) is 9.53. The third kappa shape index (κ3) is 4.73. The van der Waals surface area contributed by atoms with Crippen molar-refractivity contribution in [1.82, 2.24) is 14.9 Å². The van der Waals surface area contributed by atoms with Gasteiger partial charge in [-0.05, 0) is 31.9 Å². The summed E-state index contributed by atoms with van der Waals surface area (Å²) < 4.78 is 6.15. The number of aromatic nitrogens is 2. The highest BCUT2D eigenvalue weighted by Crippen LogP contribution is 2.24. The van der Waals surface area contributed by atoms with Crippen LogP contribution < -0.4 is 10.9 Å². The van der Waals surface area contributed by atoms with Gasteiger partial charge in [0.2, 0.25) is 5.91 Å². The Labute approximate surface area is 167 Å². The second-order valence-corrected chi connectivity index (χ2v) is 8.25. The third-order valence-electron chi connectivity index (χ3n) is 4.95. The molecule has 1 fully saturated rings. The first-order chi connectivity index (χ1) is 13.5. The van der Waals surface area contributed by atoms with E-state index in [4.69, 9.17) is 0 Å². The van der Waals surface area contributed by atoms with Gasteiger partial charge in [-0.25, -0.2) is 4.98 Å². The van der Waals surface area contributed by atoms with Crippen LogP contribution in [0.3, 0.4) is 0 Å². The molecule has 1 amide bonds. The lowest BCUT2D eigenvalue weighted by atomic mass is 10.2. The quantitative estimate of drug-likeness (QED) is 0.434. The standard InChI is InChI=1S/C20H25N3O4S/c1-13(18(25)21-14-7-3-4-8-14)28-20-22-16-10-6-5-9-15(16)19(26)23(20)12-11-17(24)27-2/h5-6,9-10,13-14H,3-4,7-8,11-12H2,1-2H3,(H,21,25)/t13-/m1/s1. The summed E-state index contributed by atoms with van der Waals surface area (Å²) in [6.07, 6.45) is 4.38. The summed E-state index contributed by atoms with van der Waals surface area (Å²) in [5.41, 5.74) is 0.355. The molecule has 7 nitrogen and oxygen atoms in total. The maximum absolute atomic E-state index is 12.9. The Morgan fingerprint density at radius 2 is 2.04 bits per heavy atom. The molecule has 28 heavy (non-hydrogen) atoms. The topological polar surface area (TPSA) is 90.3 Å². The smallest absolute Gasteiger partial charge is 0.307 e. The van der Waals surface area contributed by atoms with Crippen molar-refractivity contribution in [2.24, 2.45) is 0 Å². The average molecular weight is 404 g/mol. The highest BCUT2D eigenvalue weighted by Gasteiger charge is 2.23. The molecule has 0 spiro atoms.